The second kappa shape index (κ2) is 8.04. The lowest BCUT2D eigenvalue weighted by Gasteiger charge is -2.31. The molecule has 0 saturated carbocycles. The summed E-state index contributed by atoms with van der Waals surface area (Å²) in [6, 6.07) is 8.56. The lowest BCUT2D eigenvalue weighted by Crippen LogP contribution is -2.47. The standard InChI is InChI=1S/C18H20ClN3O5S/c1-13-11-14(3-5-16(13)19)27-18-6-4-15(12-17(18)22(23)24)28(25,26)21-9-7-20(2)8-10-21/h3-6,11-12H,7-10H2,1-2H3. The molecule has 150 valence electrons. The Hall–Kier alpha value is -2.20. The maximum Gasteiger partial charge on any atom is 0.312 e. The maximum absolute atomic E-state index is 12.8. The highest BCUT2D eigenvalue weighted by molar-refractivity contribution is 7.89. The van der Waals surface area contributed by atoms with E-state index in [1.807, 2.05) is 11.9 Å². The van der Waals surface area contributed by atoms with Crippen LogP contribution in [0.3, 0.4) is 0 Å². The normalized spacial score (nSPS) is 16.1. The van der Waals surface area contributed by atoms with Crippen molar-refractivity contribution in [1.82, 2.24) is 9.21 Å². The van der Waals surface area contributed by atoms with E-state index in [1.165, 1.54) is 16.4 Å². The molecule has 1 fully saturated rings. The minimum absolute atomic E-state index is 0.0379. The van der Waals surface area contributed by atoms with Crippen molar-refractivity contribution in [3.63, 3.8) is 0 Å². The van der Waals surface area contributed by atoms with Crippen molar-refractivity contribution in [2.45, 2.75) is 11.8 Å². The fourth-order valence-electron chi connectivity index (χ4n) is 2.87. The number of nitro groups is 1. The molecule has 2 aromatic carbocycles. The van der Waals surface area contributed by atoms with Crippen molar-refractivity contribution in [3.05, 3.63) is 57.1 Å². The fraction of sp³-hybridized carbons (Fsp3) is 0.333. The summed E-state index contributed by atoms with van der Waals surface area (Å²) >= 11 is 5.98. The zero-order chi connectivity index (χ0) is 20.5. The molecule has 10 heteroatoms. The van der Waals surface area contributed by atoms with Gasteiger partial charge in [-0.1, -0.05) is 11.6 Å². The van der Waals surface area contributed by atoms with Crippen molar-refractivity contribution in [3.8, 4) is 11.5 Å². The van der Waals surface area contributed by atoms with Crippen LogP contribution in [0, 0.1) is 17.0 Å². The molecule has 0 N–H and O–H groups in total. The van der Waals surface area contributed by atoms with Crippen LogP contribution in [0.2, 0.25) is 5.02 Å². The maximum atomic E-state index is 12.8. The number of ether oxygens (including phenoxy) is 1. The molecule has 1 saturated heterocycles. The Morgan fingerprint density at radius 3 is 2.39 bits per heavy atom. The number of rotatable bonds is 5. The molecule has 0 aromatic heterocycles. The molecule has 0 amide bonds. The predicted molar refractivity (Wildman–Crippen MR) is 106 cm³/mol. The van der Waals surface area contributed by atoms with E-state index in [0.717, 1.165) is 11.6 Å². The Kier molecular flexibility index (Phi) is 5.90. The van der Waals surface area contributed by atoms with Gasteiger partial charge in [0.05, 0.1) is 9.82 Å². The Morgan fingerprint density at radius 1 is 1.11 bits per heavy atom. The summed E-state index contributed by atoms with van der Waals surface area (Å²) in [4.78, 5) is 12.8. The van der Waals surface area contributed by atoms with Gasteiger partial charge in [-0.2, -0.15) is 4.31 Å². The summed E-state index contributed by atoms with van der Waals surface area (Å²) in [6.07, 6.45) is 0. The number of benzene rings is 2. The van der Waals surface area contributed by atoms with Gasteiger partial charge in [0.2, 0.25) is 15.8 Å². The van der Waals surface area contributed by atoms with E-state index < -0.39 is 20.6 Å². The number of nitrogens with zero attached hydrogens (tertiary/aromatic N) is 3. The van der Waals surface area contributed by atoms with Crippen molar-refractivity contribution in [2.75, 3.05) is 33.2 Å². The summed E-state index contributed by atoms with van der Waals surface area (Å²) in [5, 5.41) is 12.1. The highest BCUT2D eigenvalue weighted by Crippen LogP contribution is 2.35. The van der Waals surface area contributed by atoms with Gasteiger partial charge >= 0.3 is 5.69 Å². The molecule has 8 nitrogen and oxygen atoms in total. The fourth-order valence-corrected chi connectivity index (χ4v) is 4.43. The highest BCUT2D eigenvalue weighted by Gasteiger charge is 2.30. The number of sulfonamides is 1. The first-order chi connectivity index (χ1) is 13.2. The molecule has 1 aliphatic heterocycles. The molecule has 2 aromatic rings. The first kappa shape index (κ1) is 20.5. The molecule has 3 rings (SSSR count). The Labute approximate surface area is 168 Å². The van der Waals surface area contributed by atoms with E-state index in [1.54, 1.807) is 25.1 Å². The Balaban J connectivity index is 1.92. The molecule has 0 spiro atoms. The quantitative estimate of drug-likeness (QED) is 0.539. The minimum atomic E-state index is -3.81. The number of hydrogen-bond acceptors (Lipinski definition) is 6. The second-order valence-electron chi connectivity index (χ2n) is 6.61. The molecular formula is C18H20ClN3O5S. The van der Waals surface area contributed by atoms with Gasteiger partial charge in [-0.3, -0.25) is 10.1 Å². The predicted octanol–water partition coefficient (Wildman–Crippen LogP) is 3.29. The summed E-state index contributed by atoms with van der Waals surface area (Å²) in [5.74, 6) is 0.337. The molecule has 28 heavy (non-hydrogen) atoms. The topological polar surface area (TPSA) is 93.0 Å². The van der Waals surface area contributed by atoms with Gasteiger partial charge in [-0.15, -0.1) is 0 Å². The van der Waals surface area contributed by atoms with Crippen LogP contribution in [-0.4, -0.2) is 55.8 Å². The molecule has 0 atom stereocenters. The van der Waals surface area contributed by atoms with Gasteiger partial charge in [-0.25, -0.2) is 8.42 Å². The number of halogens is 1. The minimum Gasteiger partial charge on any atom is -0.450 e. The van der Waals surface area contributed by atoms with Crippen LogP contribution in [0.4, 0.5) is 5.69 Å². The van der Waals surface area contributed by atoms with Gasteiger partial charge < -0.3 is 9.64 Å². The van der Waals surface area contributed by atoms with E-state index in [-0.39, 0.29) is 10.6 Å². The second-order valence-corrected chi connectivity index (χ2v) is 8.95. The van der Waals surface area contributed by atoms with Crippen LogP contribution in [0.5, 0.6) is 11.5 Å². The third kappa shape index (κ3) is 4.27. The van der Waals surface area contributed by atoms with Gasteiger partial charge in [-0.05, 0) is 49.9 Å². The SMILES string of the molecule is Cc1cc(Oc2ccc(S(=O)(=O)N3CCN(C)CC3)cc2[N+](=O)[O-])ccc1Cl. The number of hydrogen-bond donors (Lipinski definition) is 0. The molecule has 0 radical (unpaired) electrons. The molecule has 1 heterocycles. The summed E-state index contributed by atoms with van der Waals surface area (Å²) in [6.45, 7) is 3.69. The van der Waals surface area contributed by atoms with E-state index in [2.05, 4.69) is 0 Å². The smallest absolute Gasteiger partial charge is 0.312 e. The first-order valence-electron chi connectivity index (χ1n) is 8.59. The zero-order valence-corrected chi connectivity index (χ0v) is 17.0. The van der Waals surface area contributed by atoms with Gasteiger partial charge in [0, 0.05) is 37.3 Å². The van der Waals surface area contributed by atoms with E-state index in [4.69, 9.17) is 16.3 Å². The van der Waals surface area contributed by atoms with Gasteiger partial charge in [0.15, 0.2) is 0 Å². The molecular weight excluding hydrogens is 406 g/mol. The highest BCUT2D eigenvalue weighted by atomic mass is 35.5. The van der Waals surface area contributed by atoms with Crippen molar-refractivity contribution < 1.29 is 18.1 Å². The van der Waals surface area contributed by atoms with Crippen LogP contribution in [-0.2, 0) is 10.0 Å². The van der Waals surface area contributed by atoms with Gasteiger partial charge in [0.1, 0.15) is 5.75 Å². The van der Waals surface area contributed by atoms with Crippen LogP contribution in [0.15, 0.2) is 41.3 Å². The van der Waals surface area contributed by atoms with Crippen molar-refractivity contribution in [2.24, 2.45) is 0 Å². The largest absolute Gasteiger partial charge is 0.450 e. The lowest BCUT2D eigenvalue weighted by molar-refractivity contribution is -0.385. The Bertz CT molecular complexity index is 1000. The first-order valence-corrected chi connectivity index (χ1v) is 10.4. The molecule has 0 unspecified atom stereocenters. The monoisotopic (exact) mass is 425 g/mol. The molecule has 1 aliphatic rings. The van der Waals surface area contributed by atoms with E-state index in [0.29, 0.717) is 37.0 Å². The molecule has 0 bridgehead atoms. The van der Waals surface area contributed by atoms with Crippen LogP contribution >= 0.6 is 11.6 Å². The van der Waals surface area contributed by atoms with Crippen molar-refractivity contribution in [1.29, 1.82) is 0 Å². The summed E-state index contributed by atoms with van der Waals surface area (Å²) in [7, 11) is -1.90. The number of likely N-dealkylation sites (N-methyl/N-ethyl adjacent to an activating group) is 1. The number of aryl methyl sites for hydroxylation is 1. The average Bonchev–Trinajstić information content (AvgIpc) is 2.65. The summed E-state index contributed by atoms with van der Waals surface area (Å²) in [5.41, 5.74) is 0.346. The third-order valence-electron chi connectivity index (χ3n) is 4.58. The van der Waals surface area contributed by atoms with Crippen LogP contribution < -0.4 is 4.74 Å². The molecule has 0 aliphatic carbocycles. The van der Waals surface area contributed by atoms with Gasteiger partial charge in [0.25, 0.3) is 0 Å². The summed E-state index contributed by atoms with van der Waals surface area (Å²) < 4.78 is 32.7. The lowest BCUT2D eigenvalue weighted by atomic mass is 10.2. The van der Waals surface area contributed by atoms with Crippen LogP contribution in [0.1, 0.15) is 5.56 Å². The van der Waals surface area contributed by atoms with E-state index in [9.17, 15) is 18.5 Å². The third-order valence-corrected chi connectivity index (χ3v) is 6.90. The van der Waals surface area contributed by atoms with Crippen molar-refractivity contribution >= 4 is 27.3 Å². The average molecular weight is 426 g/mol. The van der Waals surface area contributed by atoms with E-state index >= 15 is 0 Å². The number of piperazine rings is 1. The zero-order valence-electron chi connectivity index (χ0n) is 15.5. The number of nitro benzene ring substituents is 1. The van der Waals surface area contributed by atoms with Crippen LogP contribution in [0.25, 0.3) is 0 Å². The Morgan fingerprint density at radius 2 is 1.79 bits per heavy atom.